The number of aromatic nitrogens is 2. The van der Waals surface area contributed by atoms with Crippen LogP contribution in [0.2, 0.25) is 0 Å². The second kappa shape index (κ2) is 16.1. The number of carbonyl (C=O) groups excluding carboxylic acids is 4. The van der Waals surface area contributed by atoms with E-state index >= 15 is 0 Å². The number of amides is 4. The van der Waals surface area contributed by atoms with Crippen molar-refractivity contribution in [2.24, 2.45) is 11.8 Å². The fraction of sp³-hybridized carbons (Fsp3) is 0.429. The average Bonchev–Trinajstić information content (AvgIpc) is 4.14. The summed E-state index contributed by atoms with van der Waals surface area (Å²) < 4.78 is 34.4. The van der Waals surface area contributed by atoms with E-state index in [0.29, 0.717) is 53.5 Å². The standard InChI is InChI=1S/C42H44N8O8S/c1-4-29-19-42(29,40(54)48-59(56,57)32-16-17-32)47-37(51)34-18-30(23-49(34)39(53)36(24(2)3)46-41(55)58-31-6-5-7-31)50-38(52)35(28-14-10-26(21-44)11-15-28)33(22-45-50)27-12-8-25(20-43)9-13-27/h4,8-15,22,24,29-32,34,36H,1,5-7,16-19,23H2,2-3H3,(H,46,55)(H,47,51)(H,48,54)/t29-,30-,34+,36+,42-/m1/s1. The molecule has 4 amide bonds. The maximum absolute atomic E-state index is 14.7. The quantitative estimate of drug-likeness (QED) is 0.211. The molecule has 59 heavy (non-hydrogen) atoms. The molecule has 2 heterocycles. The third kappa shape index (κ3) is 8.20. The van der Waals surface area contributed by atoms with Gasteiger partial charge in [0, 0.05) is 24.4 Å². The van der Waals surface area contributed by atoms with Gasteiger partial charge in [-0.2, -0.15) is 15.6 Å². The first kappa shape index (κ1) is 40.9. The third-order valence-corrected chi connectivity index (χ3v) is 13.4. The number of sulfonamides is 1. The number of benzene rings is 2. The summed E-state index contributed by atoms with van der Waals surface area (Å²) in [6.07, 6.45) is 5.03. The Morgan fingerprint density at radius 1 is 0.983 bits per heavy atom. The summed E-state index contributed by atoms with van der Waals surface area (Å²) in [5.74, 6) is -3.36. The second-order valence-corrected chi connectivity index (χ2v) is 17.9. The van der Waals surface area contributed by atoms with Crippen LogP contribution in [0.5, 0.6) is 0 Å². The third-order valence-electron chi connectivity index (χ3n) is 11.6. The minimum atomic E-state index is -3.97. The molecule has 0 spiro atoms. The van der Waals surface area contributed by atoms with Crippen molar-refractivity contribution in [2.45, 2.75) is 93.8 Å². The van der Waals surface area contributed by atoms with Gasteiger partial charge in [0.2, 0.25) is 21.8 Å². The highest BCUT2D eigenvalue weighted by atomic mass is 32.2. The van der Waals surface area contributed by atoms with Crippen molar-refractivity contribution in [3.63, 3.8) is 0 Å². The molecular formula is C42H44N8O8S. The fourth-order valence-electron chi connectivity index (χ4n) is 7.66. The van der Waals surface area contributed by atoms with E-state index in [0.717, 1.165) is 6.42 Å². The summed E-state index contributed by atoms with van der Waals surface area (Å²) in [4.78, 5) is 71.5. The first-order valence-corrected chi connectivity index (χ1v) is 21.2. The molecule has 1 saturated heterocycles. The van der Waals surface area contributed by atoms with Crippen LogP contribution in [-0.4, -0.2) is 82.4 Å². The van der Waals surface area contributed by atoms with Gasteiger partial charge in [0.1, 0.15) is 23.7 Å². The van der Waals surface area contributed by atoms with E-state index in [-0.39, 0.29) is 31.1 Å². The SMILES string of the molecule is C=C[C@@H]1C[C@]1(NC(=O)[C@@H]1C[C@@H](n2ncc(-c3ccc(C#N)cc3)c(-c3ccc(C#N)cc3)c2=O)CN1C(=O)[C@@H](NC(=O)OC1CCC1)C(C)C)C(=O)NS(=O)(=O)C1CC1. The Balaban J connectivity index is 1.25. The first-order chi connectivity index (χ1) is 28.2. The van der Waals surface area contributed by atoms with Crippen LogP contribution in [0.15, 0.2) is 72.2 Å². The zero-order chi connectivity index (χ0) is 42.2. The first-order valence-electron chi connectivity index (χ1n) is 19.6. The lowest BCUT2D eigenvalue weighted by Crippen LogP contribution is -2.59. The van der Waals surface area contributed by atoms with E-state index in [9.17, 15) is 42.9 Å². The molecule has 3 aromatic rings. The number of hydrogen-bond acceptors (Lipinski definition) is 11. The van der Waals surface area contributed by atoms with E-state index in [1.54, 1.807) is 62.4 Å². The number of nitriles is 2. The van der Waals surface area contributed by atoms with Gasteiger partial charge in [-0.3, -0.25) is 23.9 Å². The van der Waals surface area contributed by atoms with Crippen LogP contribution in [-0.2, 0) is 29.1 Å². The molecule has 4 aliphatic rings. The molecule has 3 N–H and O–H groups in total. The van der Waals surface area contributed by atoms with Crippen LogP contribution >= 0.6 is 0 Å². The Morgan fingerprint density at radius 3 is 2.14 bits per heavy atom. The molecular weight excluding hydrogens is 777 g/mol. The number of nitrogens with one attached hydrogen (secondary N) is 3. The molecule has 0 radical (unpaired) electrons. The summed E-state index contributed by atoms with van der Waals surface area (Å²) in [7, 11) is -3.97. The molecule has 5 atom stereocenters. The Bertz CT molecular complexity index is 2450. The largest absolute Gasteiger partial charge is 0.446 e. The maximum atomic E-state index is 14.7. The lowest BCUT2D eigenvalue weighted by Gasteiger charge is -2.32. The molecule has 3 saturated carbocycles. The van der Waals surface area contributed by atoms with E-state index in [2.05, 4.69) is 39.2 Å². The van der Waals surface area contributed by atoms with Crippen molar-refractivity contribution in [3.8, 4) is 34.4 Å². The number of carbonyl (C=O) groups is 4. The molecule has 7 rings (SSSR count). The van der Waals surface area contributed by atoms with Crippen molar-refractivity contribution in [2.75, 3.05) is 6.54 Å². The average molecular weight is 821 g/mol. The van der Waals surface area contributed by atoms with Crippen LogP contribution in [0, 0.1) is 34.5 Å². The van der Waals surface area contributed by atoms with Gasteiger partial charge in [-0.15, -0.1) is 6.58 Å². The van der Waals surface area contributed by atoms with Gasteiger partial charge in [0.05, 0.1) is 46.3 Å². The minimum Gasteiger partial charge on any atom is -0.446 e. The topological polar surface area (TPSA) is 233 Å². The summed E-state index contributed by atoms with van der Waals surface area (Å²) in [5, 5.41) is 28.1. The molecule has 3 aliphatic carbocycles. The number of rotatable bonds is 13. The summed E-state index contributed by atoms with van der Waals surface area (Å²) in [6, 6.07) is 13.8. The van der Waals surface area contributed by atoms with Crippen molar-refractivity contribution in [1.82, 2.24) is 30.0 Å². The molecule has 16 nitrogen and oxygen atoms in total. The van der Waals surface area contributed by atoms with Crippen molar-refractivity contribution < 1.29 is 32.3 Å². The van der Waals surface area contributed by atoms with Crippen molar-refractivity contribution in [3.05, 3.63) is 88.9 Å². The van der Waals surface area contributed by atoms with Crippen LogP contribution in [0.3, 0.4) is 0 Å². The van der Waals surface area contributed by atoms with Gasteiger partial charge in [-0.1, -0.05) is 44.2 Å². The van der Waals surface area contributed by atoms with Crippen LogP contribution in [0.1, 0.15) is 76.0 Å². The molecule has 1 aliphatic heterocycles. The molecule has 17 heteroatoms. The highest BCUT2D eigenvalue weighted by molar-refractivity contribution is 7.91. The zero-order valence-electron chi connectivity index (χ0n) is 32.6. The van der Waals surface area contributed by atoms with Crippen molar-refractivity contribution >= 4 is 33.8 Å². The predicted octanol–water partition coefficient (Wildman–Crippen LogP) is 3.44. The van der Waals surface area contributed by atoms with Crippen LogP contribution in [0.25, 0.3) is 22.3 Å². The van der Waals surface area contributed by atoms with Gasteiger partial charge in [0.25, 0.3) is 11.5 Å². The highest BCUT2D eigenvalue weighted by Gasteiger charge is 2.62. The van der Waals surface area contributed by atoms with E-state index < -0.39 is 80.1 Å². The Morgan fingerprint density at radius 2 is 1.61 bits per heavy atom. The molecule has 0 unspecified atom stereocenters. The minimum absolute atomic E-state index is 0.0767. The van der Waals surface area contributed by atoms with Gasteiger partial charge < -0.3 is 20.3 Å². The summed E-state index contributed by atoms with van der Waals surface area (Å²) in [5.41, 5.74) is 0.301. The van der Waals surface area contributed by atoms with Crippen LogP contribution in [0.4, 0.5) is 4.79 Å². The smallest absolute Gasteiger partial charge is 0.408 e. The monoisotopic (exact) mass is 820 g/mol. The Hall–Kier alpha value is -6.33. The Kier molecular flexibility index (Phi) is 11.2. The zero-order valence-corrected chi connectivity index (χ0v) is 33.4. The highest BCUT2D eigenvalue weighted by Crippen LogP contribution is 2.46. The van der Waals surface area contributed by atoms with E-state index in [1.807, 2.05) is 0 Å². The lowest BCUT2D eigenvalue weighted by molar-refractivity contribution is -0.141. The molecule has 306 valence electrons. The Labute approximate surface area is 341 Å². The lowest BCUT2D eigenvalue weighted by atomic mass is 9.96. The fourth-order valence-corrected chi connectivity index (χ4v) is 9.02. The van der Waals surface area contributed by atoms with Crippen LogP contribution < -0.4 is 20.9 Å². The predicted molar refractivity (Wildman–Crippen MR) is 213 cm³/mol. The molecule has 4 fully saturated rings. The van der Waals surface area contributed by atoms with Gasteiger partial charge >= 0.3 is 6.09 Å². The maximum Gasteiger partial charge on any atom is 0.408 e. The van der Waals surface area contributed by atoms with Gasteiger partial charge in [-0.25, -0.2) is 17.9 Å². The van der Waals surface area contributed by atoms with E-state index in [1.165, 1.54) is 21.9 Å². The number of ether oxygens (including phenoxy) is 1. The molecule has 0 bridgehead atoms. The normalized spacial score (nSPS) is 22.9. The number of alkyl carbamates (subject to hydrolysis) is 1. The molecule has 2 aromatic carbocycles. The molecule has 1 aromatic heterocycles. The second-order valence-electron chi connectivity index (χ2n) is 16.0. The number of likely N-dealkylation sites (tertiary alicyclic amines) is 1. The van der Waals surface area contributed by atoms with Gasteiger partial charge in [-0.05, 0) is 79.8 Å². The summed E-state index contributed by atoms with van der Waals surface area (Å²) >= 11 is 0. The number of nitrogens with zero attached hydrogens (tertiary/aromatic N) is 5. The summed E-state index contributed by atoms with van der Waals surface area (Å²) in [6.45, 7) is 7.02. The van der Waals surface area contributed by atoms with Crippen molar-refractivity contribution in [1.29, 1.82) is 10.5 Å². The number of hydrogen-bond donors (Lipinski definition) is 3. The van der Waals surface area contributed by atoms with E-state index in [4.69, 9.17) is 4.74 Å². The van der Waals surface area contributed by atoms with Gasteiger partial charge in [0.15, 0.2) is 0 Å².